The van der Waals surface area contributed by atoms with Gasteiger partial charge in [-0.05, 0) is 13.8 Å². The van der Waals surface area contributed by atoms with E-state index in [2.05, 4.69) is 15.0 Å². The first-order valence-corrected chi connectivity index (χ1v) is 3.47. The monoisotopic (exact) mass is 166 g/mol. The highest BCUT2D eigenvalue weighted by molar-refractivity contribution is 5.59. The van der Waals surface area contributed by atoms with Gasteiger partial charge in [0, 0.05) is 0 Å². The van der Waals surface area contributed by atoms with Gasteiger partial charge in [0.2, 0.25) is 0 Å². The van der Waals surface area contributed by atoms with Gasteiger partial charge in [0.15, 0.2) is 5.69 Å². The molecule has 0 aromatic carbocycles. The van der Waals surface area contributed by atoms with E-state index in [0.717, 1.165) is 6.34 Å². The minimum absolute atomic E-state index is 0.262. The molecular formula is C7H10N4O. The van der Waals surface area contributed by atoms with Crippen LogP contribution in [0, 0.1) is 13.8 Å². The number of nitrogens with two attached hydrogens (primary N) is 1. The number of aliphatic imine (C=N–C) groups is 1. The smallest absolute Gasteiger partial charge is 0.277 e. The minimum Gasteiger partial charge on any atom is -0.390 e. The molecule has 3 N–H and O–H groups in total. The fraction of sp³-hybridized carbons (Fsp3) is 0.286. The van der Waals surface area contributed by atoms with Gasteiger partial charge in [-0.1, -0.05) is 0 Å². The Hall–Kier alpha value is -1.65. The van der Waals surface area contributed by atoms with E-state index in [1.807, 2.05) is 0 Å². The fourth-order valence-electron chi connectivity index (χ4n) is 0.947. The molecule has 0 spiro atoms. The highest BCUT2D eigenvalue weighted by Crippen LogP contribution is 2.07. The summed E-state index contributed by atoms with van der Waals surface area (Å²) in [6, 6.07) is 0. The third-order valence-electron chi connectivity index (χ3n) is 1.39. The molecule has 0 fully saturated rings. The molecule has 1 aromatic heterocycles. The summed E-state index contributed by atoms with van der Waals surface area (Å²) in [5.41, 5.74) is 5.65. The third kappa shape index (κ3) is 1.50. The Morgan fingerprint density at radius 3 is 2.75 bits per heavy atom. The van der Waals surface area contributed by atoms with Crippen LogP contribution in [0.3, 0.4) is 0 Å². The van der Waals surface area contributed by atoms with Gasteiger partial charge in [0.1, 0.15) is 5.82 Å². The molecule has 12 heavy (non-hydrogen) atoms. The number of hydrogen-bond acceptors (Lipinski definition) is 3. The van der Waals surface area contributed by atoms with E-state index in [-0.39, 0.29) is 11.2 Å². The van der Waals surface area contributed by atoms with Crippen LogP contribution in [0.15, 0.2) is 9.79 Å². The van der Waals surface area contributed by atoms with Crippen molar-refractivity contribution in [3.05, 3.63) is 21.9 Å². The summed E-state index contributed by atoms with van der Waals surface area (Å²) >= 11 is 0. The lowest BCUT2D eigenvalue weighted by Gasteiger charge is -1.98. The lowest BCUT2D eigenvalue weighted by molar-refractivity contribution is 0.979. The topological polar surface area (TPSA) is 84.1 Å². The first-order valence-electron chi connectivity index (χ1n) is 3.47. The molecule has 1 aromatic rings. The molecule has 0 saturated heterocycles. The molecule has 0 saturated carbocycles. The number of hydrogen-bond donors (Lipinski definition) is 2. The highest BCUT2D eigenvalue weighted by Gasteiger charge is 2.02. The van der Waals surface area contributed by atoms with Crippen LogP contribution in [0.1, 0.15) is 11.5 Å². The van der Waals surface area contributed by atoms with Crippen LogP contribution < -0.4 is 11.3 Å². The standard InChI is InChI=1S/C7H10N4O/c1-4-6(9-3-8)7(12)11-5(2)10-4/h3H,1-2H3,(H2,8,9)(H,10,11,12). The fourth-order valence-corrected chi connectivity index (χ4v) is 0.947. The number of aromatic amines is 1. The normalized spacial score (nSPS) is 10.8. The summed E-state index contributed by atoms with van der Waals surface area (Å²) in [6.07, 6.45) is 1.08. The van der Waals surface area contributed by atoms with Gasteiger partial charge in [0.25, 0.3) is 5.56 Å². The van der Waals surface area contributed by atoms with E-state index < -0.39 is 0 Å². The maximum atomic E-state index is 11.2. The zero-order chi connectivity index (χ0) is 9.14. The summed E-state index contributed by atoms with van der Waals surface area (Å²) in [6.45, 7) is 3.43. The van der Waals surface area contributed by atoms with Crippen LogP contribution in [-0.4, -0.2) is 16.3 Å². The molecule has 0 aliphatic carbocycles. The molecule has 0 atom stereocenters. The van der Waals surface area contributed by atoms with Gasteiger partial charge >= 0.3 is 0 Å². The van der Waals surface area contributed by atoms with Crippen molar-refractivity contribution in [3.63, 3.8) is 0 Å². The van der Waals surface area contributed by atoms with Crippen molar-refractivity contribution >= 4 is 12.0 Å². The maximum absolute atomic E-state index is 11.2. The predicted molar refractivity (Wildman–Crippen MR) is 46.7 cm³/mol. The van der Waals surface area contributed by atoms with Gasteiger partial charge in [0.05, 0.1) is 12.0 Å². The average Bonchev–Trinajstić information content (AvgIpc) is 1.96. The Bertz CT molecular complexity index is 366. The van der Waals surface area contributed by atoms with Crippen molar-refractivity contribution in [1.29, 1.82) is 0 Å². The second-order valence-corrected chi connectivity index (χ2v) is 2.36. The van der Waals surface area contributed by atoms with Crippen molar-refractivity contribution in [2.24, 2.45) is 10.7 Å². The van der Waals surface area contributed by atoms with Gasteiger partial charge in [-0.25, -0.2) is 9.98 Å². The predicted octanol–water partition coefficient (Wildman–Crippen LogP) is 0.00524. The largest absolute Gasteiger partial charge is 0.390 e. The SMILES string of the molecule is Cc1nc(C)c(N=CN)c(=O)[nH]1. The first kappa shape index (κ1) is 8.45. The van der Waals surface area contributed by atoms with Crippen LogP contribution in [-0.2, 0) is 0 Å². The van der Waals surface area contributed by atoms with Crippen molar-refractivity contribution in [2.75, 3.05) is 0 Å². The van der Waals surface area contributed by atoms with Crippen LogP contribution in [0.5, 0.6) is 0 Å². The highest BCUT2D eigenvalue weighted by atomic mass is 16.1. The number of nitrogens with one attached hydrogen (secondary N) is 1. The van der Waals surface area contributed by atoms with E-state index in [0.29, 0.717) is 11.5 Å². The van der Waals surface area contributed by atoms with Crippen molar-refractivity contribution in [1.82, 2.24) is 9.97 Å². The average molecular weight is 166 g/mol. The van der Waals surface area contributed by atoms with Gasteiger partial charge in [-0.3, -0.25) is 4.79 Å². The summed E-state index contributed by atoms with van der Waals surface area (Å²) in [7, 11) is 0. The summed E-state index contributed by atoms with van der Waals surface area (Å²) in [4.78, 5) is 21.4. The summed E-state index contributed by atoms with van der Waals surface area (Å²) < 4.78 is 0. The van der Waals surface area contributed by atoms with E-state index in [1.54, 1.807) is 13.8 Å². The molecule has 1 heterocycles. The molecule has 0 aliphatic rings. The molecule has 64 valence electrons. The molecule has 5 heteroatoms. The Kier molecular flexibility index (Phi) is 2.23. The molecule has 0 bridgehead atoms. The lowest BCUT2D eigenvalue weighted by Crippen LogP contribution is -2.11. The summed E-state index contributed by atoms with van der Waals surface area (Å²) in [5.74, 6) is 0.577. The van der Waals surface area contributed by atoms with Crippen LogP contribution in [0.2, 0.25) is 0 Å². The van der Waals surface area contributed by atoms with Crippen LogP contribution in [0.4, 0.5) is 5.69 Å². The zero-order valence-electron chi connectivity index (χ0n) is 6.96. The number of H-pyrrole nitrogens is 1. The van der Waals surface area contributed by atoms with E-state index >= 15 is 0 Å². The van der Waals surface area contributed by atoms with Crippen molar-refractivity contribution < 1.29 is 0 Å². The second kappa shape index (κ2) is 3.17. The Morgan fingerprint density at radius 1 is 1.58 bits per heavy atom. The maximum Gasteiger partial charge on any atom is 0.277 e. The Morgan fingerprint density at radius 2 is 2.25 bits per heavy atom. The molecule has 0 unspecified atom stereocenters. The quantitative estimate of drug-likeness (QED) is 0.455. The summed E-state index contributed by atoms with van der Waals surface area (Å²) in [5, 5.41) is 0. The lowest BCUT2D eigenvalue weighted by atomic mass is 10.4. The van der Waals surface area contributed by atoms with E-state index in [4.69, 9.17) is 5.73 Å². The van der Waals surface area contributed by atoms with Gasteiger partial charge in [-0.15, -0.1) is 0 Å². The molecular weight excluding hydrogens is 156 g/mol. The van der Waals surface area contributed by atoms with Gasteiger partial charge in [-0.2, -0.15) is 0 Å². The van der Waals surface area contributed by atoms with Crippen molar-refractivity contribution in [3.8, 4) is 0 Å². The molecule has 0 amide bonds. The third-order valence-corrected chi connectivity index (χ3v) is 1.39. The van der Waals surface area contributed by atoms with Crippen LogP contribution >= 0.6 is 0 Å². The second-order valence-electron chi connectivity index (χ2n) is 2.36. The zero-order valence-corrected chi connectivity index (χ0v) is 6.96. The number of rotatable bonds is 1. The first-order chi connectivity index (χ1) is 5.65. The van der Waals surface area contributed by atoms with Crippen molar-refractivity contribution in [2.45, 2.75) is 13.8 Å². The van der Waals surface area contributed by atoms with E-state index in [9.17, 15) is 4.79 Å². The molecule has 1 rings (SSSR count). The Labute approximate surface area is 69.4 Å². The minimum atomic E-state index is -0.262. The number of nitrogens with zero attached hydrogens (tertiary/aromatic N) is 2. The molecule has 0 radical (unpaired) electrons. The van der Waals surface area contributed by atoms with E-state index in [1.165, 1.54) is 0 Å². The molecule has 0 aliphatic heterocycles. The molecule has 5 nitrogen and oxygen atoms in total. The number of aromatic nitrogens is 2. The Balaban J connectivity index is 3.38. The number of aryl methyl sites for hydroxylation is 2. The van der Waals surface area contributed by atoms with Gasteiger partial charge < -0.3 is 10.7 Å². The van der Waals surface area contributed by atoms with Crippen LogP contribution in [0.25, 0.3) is 0 Å².